The van der Waals surface area contributed by atoms with Crippen molar-refractivity contribution in [2.45, 2.75) is 46.3 Å². The number of fused-ring (bicyclic) bond motifs is 1. The van der Waals surface area contributed by atoms with E-state index in [0.717, 1.165) is 19.6 Å². The number of hydrogen-bond donors (Lipinski definition) is 1. The molecular weight excluding hydrogens is 264 g/mol. The van der Waals surface area contributed by atoms with Gasteiger partial charge in [0.25, 0.3) is 0 Å². The molecule has 2 nitrogen and oxygen atoms in total. The monoisotopic (exact) mass is 290 g/mol. The third-order valence-electron chi connectivity index (χ3n) is 3.53. The van der Waals surface area contributed by atoms with E-state index >= 15 is 0 Å². The van der Waals surface area contributed by atoms with E-state index < -0.39 is 0 Å². The van der Waals surface area contributed by atoms with Crippen LogP contribution in [0.4, 0.5) is 0 Å². The quantitative estimate of drug-likeness (QED) is 0.886. The van der Waals surface area contributed by atoms with Gasteiger partial charge in [0.1, 0.15) is 0 Å². The van der Waals surface area contributed by atoms with Gasteiger partial charge in [-0.05, 0) is 51.4 Å². The molecule has 0 fully saturated rings. The van der Waals surface area contributed by atoms with Gasteiger partial charge < -0.3 is 10.2 Å². The van der Waals surface area contributed by atoms with Crippen molar-refractivity contribution in [1.82, 2.24) is 10.2 Å². The summed E-state index contributed by atoms with van der Waals surface area (Å²) in [7, 11) is 2.19. The van der Waals surface area contributed by atoms with Crippen LogP contribution < -0.4 is 5.32 Å². The van der Waals surface area contributed by atoms with Crippen LogP contribution in [0.5, 0.6) is 0 Å². The Labute approximate surface area is 126 Å². The Balaban J connectivity index is 2.33. The van der Waals surface area contributed by atoms with Crippen molar-refractivity contribution in [1.29, 1.82) is 0 Å². The minimum atomic E-state index is 0.157. The van der Waals surface area contributed by atoms with Crippen molar-refractivity contribution in [2.24, 2.45) is 0 Å². The van der Waals surface area contributed by atoms with Gasteiger partial charge in [-0.2, -0.15) is 0 Å². The molecule has 0 saturated carbocycles. The average molecular weight is 290 g/mol. The Morgan fingerprint density at radius 3 is 2.55 bits per heavy atom. The van der Waals surface area contributed by atoms with Crippen molar-refractivity contribution >= 4 is 21.4 Å². The van der Waals surface area contributed by atoms with Gasteiger partial charge in [-0.3, -0.25) is 0 Å². The largest absolute Gasteiger partial charge is 0.307 e. The normalized spacial score (nSPS) is 12.5. The lowest BCUT2D eigenvalue weighted by Gasteiger charge is -2.21. The second-order valence-corrected chi connectivity index (χ2v) is 7.57. The van der Waals surface area contributed by atoms with Crippen LogP contribution in [0.2, 0.25) is 0 Å². The molecule has 2 rings (SSSR count). The fourth-order valence-corrected chi connectivity index (χ4v) is 3.35. The van der Waals surface area contributed by atoms with Crippen molar-refractivity contribution in [3.63, 3.8) is 0 Å². The second kappa shape index (κ2) is 6.25. The molecule has 3 heteroatoms. The topological polar surface area (TPSA) is 15.3 Å². The third-order valence-corrected chi connectivity index (χ3v) is 4.74. The predicted molar refractivity (Wildman–Crippen MR) is 90.4 cm³/mol. The molecule has 1 aromatic heterocycles. The number of rotatable bonds is 5. The van der Waals surface area contributed by atoms with Gasteiger partial charge >= 0.3 is 0 Å². The molecule has 0 radical (unpaired) electrons. The predicted octanol–water partition coefficient (Wildman–Crippen LogP) is 4.24. The maximum atomic E-state index is 3.62. The first-order valence-corrected chi connectivity index (χ1v) is 8.15. The summed E-state index contributed by atoms with van der Waals surface area (Å²) in [6, 6.07) is 8.76. The summed E-state index contributed by atoms with van der Waals surface area (Å²) in [4.78, 5) is 3.84. The zero-order chi connectivity index (χ0) is 14.8. The van der Waals surface area contributed by atoms with Crippen molar-refractivity contribution in [3.05, 3.63) is 34.7 Å². The molecule has 20 heavy (non-hydrogen) atoms. The highest BCUT2D eigenvalue weighted by Crippen LogP contribution is 2.32. The molecule has 2 aromatic rings. The van der Waals surface area contributed by atoms with E-state index in [2.05, 4.69) is 69.2 Å². The Hall–Kier alpha value is -0.900. The number of nitrogens with zero attached hydrogens (tertiary/aromatic N) is 1. The molecule has 1 heterocycles. The van der Waals surface area contributed by atoms with Crippen LogP contribution in [0.15, 0.2) is 24.3 Å². The van der Waals surface area contributed by atoms with E-state index in [4.69, 9.17) is 0 Å². The molecule has 0 aliphatic rings. The van der Waals surface area contributed by atoms with Crippen LogP contribution in [0.3, 0.4) is 0 Å². The van der Waals surface area contributed by atoms with Crippen LogP contribution in [0, 0.1) is 0 Å². The van der Waals surface area contributed by atoms with E-state index in [1.807, 2.05) is 11.3 Å². The Morgan fingerprint density at radius 1 is 1.20 bits per heavy atom. The van der Waals surface area contributed by atoms with Crippen LogP contribution in [-0.2, 0) is 13.1 Å². The lowest BCUT2D eigenvalue weighted by atomic mass is 10.1. The van der Waals surface area contributed by atoms with Crippen LogP contribution in [0.1, 0.15) is 38.1 Å². The Kier molecular flexibility index (Phi) is 4.84. The first-order valence-electron chi connectivity index (χ1n) is 7.33. The standard InChI is InChI=1S/C17H26N2S/c1-6-19(5)12-14-13-9-7-8-10-15(13)20-16(14)11-18-17(2,3)4/h7-10,18H,6,11-12H2,1-5H3. The number of thiophene rings is 1. The van der Waals surface area contributed by atoms with Crippen LogP contribution >= 0.6 is 11.3 Å². The molecule has 110 valence electrons. The summed E-state index contributed by atoms with van der Waals surface area (Å²) in [6.07, 6.45) is 0. The zero-order valence-electron chi connectivity index (χ0n) is 13.3. The molecule has 0 aliphatic carbocycles. The lowest BCUT2D eigenvalue weighted by molar-refractivity contribution is 0.345. The van der Waals surface area contributed by atoms with Gasteiger partial charge in [0.15, 0.2) is 0 Å². The number of nitrogens with one attached hydrogen (secondary N) is 1. The van der Waals surface area contributed by atoms with E-state index in [9.17, 15) is 0 Å². The highest BCUT2D eigenvalue weighted by atomic mass is 32.1. The highest BCUT2D eigenvalue weighted by molar-refractivity contribution is 7.19. The summed E-state index contributed by atoms with van der Waals surface area (Å²) in [6.45, 7) is 11.9. The molecule has 0 saturated heterocycles. The second-order valence-electron chi connectivity index (χ2n) is 6.43. The van der Waals surface area contributed by atoms with E-state index in [1.54, 1.807) is 0 Å². The SMILES string of the molecule is CCN(C)Cc1c(CNC(C)(C)C)sc2ccccc12. The lowest BCUT2D eigenvalue weighted by Crippen LogP contribution is -2.35. The highest BCUT2D eigenvalue weighted by Gasteiger charge is 2.15. The first kappa shape index (κ1) is 15.5. The van der Waals surface area contributed by atoms with Gasteiger partial charge in [-0.25, -0.2) is 0 Å². The summed E-state index contributed by atoms with van der Waals surface area (Å²) < 4.78 is 1.40. The van der Waals surface area contributed by atoms with E-state index in [1.165, 1.54) is 20.5 Å². The minimum absolute atomic E-state index is 0.157. The van der Waals surface area contributed by atoms with Crippen molar-refractivity contribution < 1.29 is 0 Å². The van der Waals surface area contributed by atoms with E-state index in [-0.39, 0.29) is 5.54 Å². The summed E-state index contributed by atoms with van der Waals surface area (Å²) in [5, 5.41) is 5.04. The van der Waals surface area contributed by atoms with Gasteiger partial charge in [-0.15, -0.1) is 11.3 Å². The van der Waals surface area contributed by atoms with Crippen LogP contribution in [-0.4, -0.2) is 24.0 Å². The first-order chi connectivity index (χ1) is 9.40. The minimum Gasteiger partial charge on any atom is -0.307 e. The third kappa shape index (κ3) is 3.81. The molecule has 0 aliphatic heterocycles. The molecule has 0 amide bonds. The summed E-state index contributed by atoms with van der Waals surface area (Å²) >= 11 is 1.93. The van der Waals surface area contributed by atoms with Gasteiger partial charge in [0.05, 0.1) is 0 Å². The molecule has 0 atom stereocenters. The Morgan fingerprint density at radius 2 is 1.90 bits per heavy atom. The van der Waals surface area contributed by atoms with Crippen molar-refractivity contribution in [3.8, 4) is 0 Å². The Bertz CT molecular complexity index is 566. The van der Waals surface area contributed by atoms with Gasteiger partial charge in [-0.1, -0.05) is 25.1 Å². The van der Waals surface area contributed by atoms with Gasteiger partial charge in [0, 0.05) is 28.2 Å². The maximum absolute atomic E-state index is 3.62. The smallest absolute Gasteiger partial charge is 0.0349 e. The average Bonchev–Trinajstić information content (AvgIpc) is 2.74. The number of hydrogen-bond acceptors (Lipinski definition) is 3. The van der Waals surface area contributed by atoms with Crippen LogP contribution in [0.25, 0.3) is 10.1 Å². The number of benzene rings is 1. The fourth-order valence-electron chi connectivity index (χ4n) is 2.19. The molecular formula is C17H26N2S. The molecule has 1 N–H and O–H groups in total. The fraction of sp³-hybridized carbons (Fsp3) is 0.529. The molecule has 1 aromatic carbocycles. The zero-order valence-corrected chi connectivity index (χ0v) is 14.1. The van der Waals surface area contributed by atoms with E-state index in [0.29, 0.717) is 0 Å². The van der Waals surface area contributed by atoms with Gasteiger partial charge in [0.2, 0.25) is 0 Å². The molecule has 0 bridgehead atoms. The summed E-state index contributed by atoms with van der Waals surface area (Å²) in [5.41, 5.74) is 1.65. The van der Waals surface area contributed by atoms with Crippen molar-refractivity contribution in [2.75, 3.05) is 13.6 Å². The molecule has 0 spiro atoms. The summed E-state index contributed by atoms with van der Waals surface area (Å²) in [5.74, 6) is 0. The maximum Gasteiger partial charge on any atom is 0.0349 e. The molecule has 0 unspecified atom stereocenters.